The molecule has 0 saturated carbocycles. The number of tetrazole rings is 1. The van der Waals surface area contributed by atoms with Gasteiger partial charge in [-0.1, -0.05) is 30.0 Å². The van der Waals surface area contributed by atoms with E-state index in [1.165, 1.54) is 22.9 Å². The van der Waals surface area contributed by atoms with Gasteiger partial charge in [0.1, 0.15) is 0 Å². The number of nitrogens with zero attached hydrogens (tertiary/aromatic N) is 4. The molecule has 0 aliphatic rings. The number of aromatic nitrogens is 4. The molecule has 8 heteroatoms. The smallest absolute Gasteiger partial charge is 0.234 e. The minimum absolute atomic E-state index is 0.0937. The van der Waals surface area contributed by atoms with Crippen LogP contribution in [0.15, 0.2) is 47.6 Å². The Morgan fingerprint density at radius 3 is 2.76 bits per heavy atom. The highest BCUT2D eigenvalue weighted by Gasteiger charge is 2.13. The fourth-order valence-corrected chi connectivity index (χ4v) is 3.38. The number of amides is 1. The van der Waals surface area contributed by atoms with E-state index in [4.69, 9.17) is 0 Å². The van der Waals surface area contributed by atoms with Gasteiger partial charge in [0.05, 0.1) is 17.1 Å². The summed E-state index contributed by atoms with van der Waals surface area (Å²) in [6, 6.07) is 13.7. The van der Waals surface area contributed by atoms with Gasteiger partial charge in [-0.25, -0.2) is 0 Å². The van der Waals surface area contributed by atoms with Crippen LogP contribution in [0.1, 0.15) is 11.1 Å². The molecule has 6 nitrogen and oxygen atoms in total. The van der Waals surface area contributed by atoms with Gasteiger partial charge in [0, 0.05) is 3.57 Å². The maximum Gasteiger partial charge on any atom is 0.234 e. The van der Waals surface area contributed by atoms with Gasteiger partial charge in [0.15, 0.2) is 0 Å². The van der Waals surface area contributed by atoms with E-state index in [2.05, 4.69) is 50.4 Å². The summed E-state index contributed by atoms with van der Waals surface area (Å²) in [6.45, 7) is 4.11. The van der Waals surface area contributed by atoms with E-state index < -0.39 is 0 Å². The summed E-state index contributed by atoms with van der Waals surface area (Å²) in [5, 5.41) is 15.3. The summed E-state index contributed by atoms with van der Waals surface area (Å²) in [6.07, 6.45) is 0. The van der Waals surface area contributed by atoms with Crippen molar-refractivity contribution in [2.45, 2.75) is 19.0 Å². The number of carbonyl (C=O) groups is 1. The maximum absolute atomic E-state index is 12.2. The zero-order valence-electron chi connectivity index (χ0n) is 13.7. The molecule has 0 saturated heterocycles. The number of carbonyl (C=O) groups excluding carboxylic acids is 1. The zero-order chi connectivity index (χ0) is 17.8. The minimum Gasteiger partial charge on any atom is -0.324 e. The lowest BCUT2D eigenvalue weighted by Gasteiger charge is -2.08. The second kappa shape index (κ2) is 7.96. The van der Waals surface area contributed by atoms with Crippen molar-refractivity contribution in [1.29, 1.82) is 0 Å². The molecule has 1 aromatic heterocycles. The molecule has 0 aliphatic carbocycles. The van der Waals surface area contributed by atoms with E-state index in [0.717, 1.165) is 14.9 Å². The third-order valence-electron chi connectivity index (χ3n) is 3.66. The Bertz CT molecular complexity index is 912. The molecule has 1 amide bonds. The van der Waals surface area contributed by atoms with Crippen LogP contribution in [0, 0.1) is 17.4 Å². The van der Waals surface area contributed by atoms with E-state index >= 15 is 0 Å². The first-order chi connectivity index (χ1) is 12.0. The molecule has 0 spiro atoms. The van der Waals surface area contributed by atoms with E-state index in [1.54, 1.807) is 4.68 Å². The number of benzene rings is 2. The second-order valence-electron chi connectivity index (χ2n) is 5.46. The molecule has 1 N–H and O–H groups in total. The molecule has 3 rings (SSSR count). The highest BCUT2D eigenvalue weighted by Crippen LogP contribution is 2.21. The number of hydrogen-bond donors (Lipinski definition) is 1. The third-order valence-corrected chi connectivity index (χ3v) is 5.52. The van der Waals surface area contributed by atoms with Crippen molar-refractivity contribution >= 4 is 45.9 Å². The molecule has 3 aromatic rings. The SMILES string of the molecule is Cc1ccc(-n2nnnc2SCC(=O)Nc2ccccc2I)cc1C. The van der Waals surface area contributed by atoms with Crippen molar-refractivity contribution in [3.8, 4) is 5.69 Å². The van der Waals surface area contributed by atoms with Crippen LogP contribution < -0.4 is 5.32 Å². The van der Waals surface area contributed by atoms with E-state index in [0.29, 0.717) is 5.16 Å². The number of para-hydroxylation sites is 1. The fraction of sp³-hybridized carbons (Fsp3) is 0.176. The van der Waals surface area contributed by atoms with E-state index in [-0.39, 0.29) is 11.7 Å². The Labute approximate surface area is 163 Å². The number of thioether (sulfide) groups is 1. The average molecular weight is 465 g/mol. The molecular weight excluding hydrogens is 449 g/mol. The van der Waals surface area contributed by atoms with Gasteiger partial charge in [-0.15, -0.1) is 5.10 Å². The lowest BCUT2D eigenvalue weighted by atomic mass is 10.1. The predicted molar refractivity (Wildman–Crippen MR) is 107 cm³/mol. The summed E-state index contributed by atoms with van der Waals surface area (Å²) in [5.74, 6) is 0.139. The highest BCUT2D eigenvalue weighted by atomic mass is 127. The summed E-state index contributed by atoms with van der Waals surface area (Å²) in [4.78, 5) is 12.2. The van der Waals surface area contributed by atoms with Crippen molar-refractivity contribution < 1.29 is 4.79 Å². The summed E-state index contributed by atoms with van der Waals surface area (Å²) in [5.41, 5.74) is 4.07. The molecule has 2 aromatic carbocycles. The number of rotatable bonds is 5. The monoisotopic (exact) mass is 465 g/mol. The third kappa shape index (κ3) is 4.37. The zero-order valence-corrected chi connectivity index (χ0v) is 16.7. The van der Waals surface area contributed by atoms with Gasteiger partial charge < -0.3 is 5.32 Å². The summed E-state index contributed by atoms with van der Waals surface area (Å²) < 4.78 is 2.65. The van der Waals surface area contributed by atoms with Crippen LogP contribution in [-0.2, 0) is 4.79 Å². The molecule has 0 atom stereocenters. The van der Waals surface area contributed by atoms with Gasteiger partial charge >= 0.3 is 0 Å². The molecule has 0 bridgehead atoms. The molecule has 0 unspecified atom stereocenters. The van der Waals surface area contributed by atoms with Crippen molar-refractivity contribution in [1.82, 2.24) is 20.2 Å². The second-order valence-corrected chi connectivity index (χ2v) is 7.56. The molecule has 0 aliphatic heterocycles. The van der Waals surface area contributed by atoms with E-state index in [9.17, 15) is 4.79 Å². The van der Waals surface area contributed by atoms with Gasteiger partial charge in [0.25, 0.3) is 0 Å². The van der Waals surface area contributed by atoms with Gasteiger partial charge in [0.2, 0.25) is 11.1 Å². The standard InChI is InChI=1S/C17H16IN5OS/c1-11-7-8-13(9-12(11)2)23-17(20-21-22-23)25-10-16(24)19-15-6-4-3-5-14(15)18/h3-9H,10H2,1-2H3,(H,19,24). The van der Waals surface area contributed by atoms with Crippen LogP contribution in [-0.4, -0.2) is 31.9 Å². The average Bonchev–Trinajstić information content (AvgIpc) is 3.06. The van der Waals surface area contributed by atoms with Crippen LogP contribution in [0.5, 0.6) is 0 Å². The Kier molecular flexibility index (Phi) is 5.69. The molecule has 25 heavy (non-hydrogen) atoms. The van der Waals surface area contributed by atoms with Crippen molar-refractivity contribution in [2.75, 3.05) is 11.1 Å². The van der Waals surface area contributed by atoms with Crippen LogP contribution >= 0.6 is 34.4 Å². The van der Waals surface area contributed by atoms with Crippen LogP contribution in [0.25, 0.3) is 5.69 Å². The maximum atomic E-state index is 12.2. The van der Waals surface area contributed by atoms with Gasteiger partial charge in [-0.2, -0.15) is 4.68 Å². The Morgan fingerprint density at radius 2 is 2.00 bits per heavy atom. The van der Waals surface area contributed by atoms with Crippen molar-refractivity contribution in [2.24, 2.45) is 0 Å². The molecule has 1 heterocycles. The lowest BCUT2D eigenvalue weighted by Crippen LogP contribution is -2.15. The van der Waals surface area contributed by atoms with Gasteiger partial charge in [-0.3, -0.25) is 4.79 Å². The van der Waals surface area contributed by atoms with Gasteiger partial charge in [-0.05, 0) is 82.3 Å². The topological polar surface area (TPSA) is 72.7 Å². The molecular formula is C17H16IN5OS. The van der Waals surface area contributed by atoms with Crippen molar-refractivity contribution in [3.63, 3.8) is 0 Å². The van der Waals surface area contributed by atoms with Crippen molar-refractivity contribution in [3.05, 3.63) is 57.2 Å². The summed E-state index contributed by atoms with van der Waals surface area (Å²) in [7, 11) is 0. The quantitative estimate of drug-likeness (QED) is 0.461. The minimum atomic E-state index is -0.0937. The largest absolute Gasteiger partial charge is 0.324 e. The first-order valence-electron chi connectivity index (χ1n) is 7.58. The number of nitrogens with one attached hydrogen (secondary N) is 1. The number of anilines is 1. The predicted octanol–water partition coefficient (Wildman–Crippen LogP) is 3.61. The highest BCUT2D eigenvalue weighted by molar-refractivity contribution is 14.1. The van der Waals surface area contributed by atoms with Crippen LogP contribution in [0.3, 0.4) is 0 Å². The van der Waals surface area contributed by atoms with Crippen LogP contribution in [0.4, 0.5) is 5.69 Å². The lowest BCUT2D eigenvalue weighted by molar-refractivity contribution is -0.113. The Morgan fingerprint density at radius 1 is 1.20 bits per heavy atom. The first kappa shape index (κ1) is 17.9. The Hall–Kier alpha value is -1.94. The Balaban J connectivity index is 1.68. The molecule has 128 valence electrons. The molecule has 0 fully saturated rings. The number of aryl methyl sites for hydroxylation is 2. The van der Waals surface area contributed by atoms with E-state index in [1.807, 2.05) is 49.4 Å². The summed E-state index contributed by atoms with van der Waals surface area (Å²) >= 11 is 3.50. The first-order valence-corrected chi connectivity index (χ1v) is 9.64. The van der Waals surface area contributed by atoms with Crippen LogP contribution in [0.2, 0.25) is 0 Å². The molecule has 0 radical (unpaired) electrons. The number of halogens is 1. The normalized spacial score (nSPS) is 10.7. The fourth-order valence-electron chi connectivity index (χ4n) is 2.17. The number of hydrogen-bond acceptors (Lipinski definition) is 5.